The number of aryl methyl sites for hydroxylation is 4. The van der Waals surface area contributed by atoms with E-state index in [9.17, 15) is 34.2 Å². The summed E-state index contributed by atoms with van der Waals surface area (Å²) in [5.74, 6) is -8.88. The van der Waals surface area contributed by atoms with Crippen molar-refractivity contribution in [2.24, 2.45) is 34.5 Å². The summed E-state index contributed by atoms with van der Waals surface area (Å²) in [6.45, 7) is 12.3. The van der Waals surface area contributed by atoms with Crippen LogP contribution in [0.5, 0.6) is 5.75 Å². The largest absolute Gasteiger partial charge is 0.507 e. The van der Waals surface area contributed by atoms with Crippen LogP contribution in [0.4, 0.5) is 0 Å². The highest BCUT2D eigenvalue weighted by molar-refractivity contribution is 6.32. The highest BCUT2D eigenvalue weighted by Gasteiger charge is 2.76. The van der Waals surface area contributed by atoms with Crippen molar-refractivity contribution < 1.29 is 34.2 Å². The maximum absolute atomic E-state index is 14.6. The number of rotatable bonds is 9. The van der Waals surface area contributed by atoms with Gasteiger partial charge in [-0.1, -0.05) is 88.7 Å². The van der Waals surface area contributed by atoms with Gasteiger partial charge in [0.2, 0.25) is 0 Å². The van der Waals surface area contributed by atoms with E-state index >= 15 is 0 Å². The van der Waals surface area contributed by atoms with Gasteiger partial charge in [0.1, 0.15) is 17.5 Å². The molecule has 3 aliphatic carbocycles. The zero-order chi connectivity index (χ0) is 37.2. The molecule has 51 heavy (non-hydrogen) atoms. The van der Waals surface area contributed by atoms with Gasteiger partial charge in [0, 0.05) is 11.3 Å². The molecule has 6 atom stereocenters. The monoisotopic (exact) mass is 690 g/mol. The van der Waals surface area contributed by atoms with E-state index in [2.05, 4.69) is 56.3 Å². The van der Waals surface area contributed by atoms with Crippen molar-refractivity contribution in [3.63, 3.8) is 0 Å². The van der Waals surface area contributed by atoms with Crippen molar-refractivity contribution in [2.75, 3.05) is 0 Å². The summed E-state index contributed by atoms with van der Waals surface area (Å²) in [4.78, 5) is 69.7. The van der Waals surface area contributed by atoms with Crippen molar-refractivity contribution in [3.05, 3.63) is 88.0 Å². The first-order chi connectivity index (χ1) is 24.0. The molecule has 7 heteroatoms. The number of carbonyl (C=O) groups is 5. The Morgan fingerprint density at radius 3 is 2.12 bits per heavy atom. The average Bonchev–Trinajstić information content (AvgIpc) is 3.05. The molecule has 2 fully saturated rings. The van der Waals surface area contributed by atoms with E-state index in [4.69, 9.17) is 0 Å². The zero-order valence-electron chi connectivity index (χ0n) is 30.9. The summed E-state index contributed by atoms with van der Waals surface area (Å²) in [6.07, 6.45) is 4.93. The molecular formula is C44H50O7. The molecule has 6 rings (SSSR count). The van der Waals surface area contributed by atoms with E-state index in [-0.39, 0.29) is 24.2 Å². The van der Waals surface area contributed by atoms with Crippen LogP contribution in [0.3, 0.4) is 0 Å². The summed E-state index contributed by atoms with van der Waals surface area (Å²) >= 11 is 0. The topological polar surface area (TPSA) is 126 Å². The number of ketones is 5. The fourth-order valence-corrected chi connectivity index (χ4v) is 10.1. The molecule has 268 valence electrons. The molecule has 0 radical (unpaired) electrons. The van der Waals surface area contributed by atoms with Gasteiger partial charge in [-0.2, -0.15) is 0 Å². The minimum absolute atomic E-state index is 0.0276. The van der Waals surface area contributed by atoms with E-state index in [1.54, 1.807) is 20.8 Å². The van der Waals surface area contributed by atoms with Crippen molar-refractivity contribution >= 4 is 28.9 Å². The van der Waals surface area contributed by atoms with Gasteiger partial charge in [0.25, 0.3) is 0 Å². The van der Waals surface area contributed by atoms with E-state index in [1.165, 1.54) is 22.8 Å². The molecule has 0 aromatic heterocycles. The van der Waals surface area contributed by atoms with Gasteiger partial charge in [-0.25, -0.2) is 0 Å². The fourth-order valence-electron chi connectivity index (χ4n) is 10.1. The number of hydrogen-bond donors (Lipinski definition) is 2. The van der Waals surface area contributed by atoms with Gasteiger partial charge in [-0.3, -0.25) is 24.0 Å². The molecular weight excluding hydrogens is 640 g/mol. The molecule has 0 aliphatic heterocycles. The number of aliphatic hydroxyl groups is 1. The van der Waals surface area contributed by atoms with E-state index < -0.39 is 69.0 Å². The molecule has 0 heterocycles. The molecule has 0 amide bonds. The Labute approximate surface area is 300 Å². The Morgan fingerprint density at radius 1 is 0.882 bits per heavy atom. The third-order valence-electron chi connectivity index (χ3n) is 12.4. The van der Waals surface area contributed by atoms with Gasteiger partial charge in [-0.05, 0) is 110 Å². The number of hydrogen-bond acceptors (Lipinski definition) is 7. The van der Waals surface area contributed by atoms with E-state index in [1.807, 2.05) is 13.0 Å². The molecule has 3 aliphatic rings. The average molecular weight is 691 g/mol. The zero-order valence-corrected chi connectivity index (χ0v) is 30.9. The lowest BCUT2D eigenvalue weighted by Gasteiger charge is -2.61. The summed E-state index contributed by atoms with van der Waals surface area (Å²) in [5, 5.41) is 23.5. The van der Waals surface area contributed by atoms with Crippen LogP contribution >= 0.6 is 0 Å². The summed E-state index contributed by atoms with van der Waals surface area (Å²) < 4.78 is 0. The van der Waals surface area contributed by atoms with Crippen molar-refractivity contribution in [3.8, 4) is 16.9 Å². The molecule has 0 bridgehead atoms. The van der Waals surface area contributed by atoms with Crippen LogP contribution in [-0.2, 0) is 44.9 Å². The second-order valence-electron chi connectivity index (χ2n) is 16.4. The van der Waals surface area contributed by atoms with Gasteiger partial charge in [-0.15, -0.1) is 0 Å². The number of carbonyl (C=O) groups excluding carboxylic acids is 5. The summed E-state index contributed by atoms with van der Waals surface area (Å²) in [5.41, 5.74) is 1.92. The minimum atomic E-state index is -2.71. The maximum Gasteiger partial charge on any atom is 0.190 e. The van der Waals surface area contributed by atoms with Crippen LogP contribution in [0.1, 0.15) is 99.0 Å². The highest BCUT2D eigenvalue weighted by Crippen LogP contribution is 2.64. The van der Waals surface area contributed by atoms with Gasteiger partial charge >= 0.3 is 0 Å². The van der Waals surface area contributed by atoms with E-state index in [0.29, 0.717) is 5.56 Å². The lowest BCUT2D eigenvalue weighted by atomic mass is 9.40. The highest BCUT2D eigenvalue weighted by atomic mass is 16.3. The first-order valence-electron chi connectivity index (χ1n) is 18.4. The number of phenols is 1. The SMILES string of the molecule is CCc1ccc(CCCCc2ccc(C)cc2)cc1-c1ccc(O)c2c1C[C@]1(C)C[C@]3(C)C(C(C)C)C(=O)C(C(C)=O)C(=O)[C@]3(O)C(=O)C1C2=O. The Hall–Kier alpha value is -4.23. The van der Waals surface area contributed by atoms with Crippen LogP contribution in [0.25, 0.3) is 11.1 Å². The molecule has 7 nitrogen and oxygen atoms in total. The molecule has 3 aromatic carbocycles. The standard InChI is InChI=1S/C44H50O7/c1-8-29-18-17-28(12-10-9-11-27-15-13-25(4)14-16-27)21-31(29)30-19-20-33(46)35-32(30)22-42(6)23-43(7)36(24(2)3)38(47)34(26(5)45)40(49)44(43,51)41(50)37(42)39(35)48/h13-21,24,34,36-37,46,51H,8-12,22-23H2,1-7H3/t34?,36?,37?,42-,43-,44+/m1/s1. The number of unbranched alkanes of at least 4 members (excludes halogenated alkanes) is 1. The number of benzene rings is 3. The second kappa shape index (κ2) is 13.1. The Balaban J connectivity index is 1.40. The molecule has 2 N–H and O–H groups in total. The Morgan fingerprint density at radius 2 is 1.51 bits per heavy atom. The molecule has 3 unspecified atom stereocenters. The van der Waals surface area contributed by atoms with Crippen LogP contribution in [0.15, 0.2) is 54.6 Å². The molecule has 3 aromatic rings. The summed E-state index contributed by atoms with van der Waals surface area (Å²) in [6, 6.07) is 18.4. The van der Waals surface area contributed by atoms with Crippen LogP contribution < -0.4 is 0 Å². The Bertz CT molecular complexity index is 1950. The second-order valence-corrected chi connectivity index (χ2v) is 16.4. The first-order valence-corrected chi connectivity index (χ1v) is 18.4. The third kappa shape index (κ3) is 5.63. The number of aromatic hydroxyl groups is 1. The molecule has 0 spiro atoms. The Kier molecular flexibility index (Phi) is 9.37. The number of Topliss-reactive ketones (excluding diaryl/α,β-unsaturated/α-hetero) is 5. The van der Waals surface area contributed by atoms with Crippen molar-refractivity contribution in [1.82, 2.24) is 0 Å². The van der Waals surface area contributed by atoms with Crippen LogP contribution in [0.2, 0.25) is 0 Å². The normalized spacial score (nSPS) is 28.8. The first kappa shape index (κ1) is 36.6. The van der Waals surface area contributed by atoms with Gasteiger partial charge in [0.05, 0.1) is 11.5 Å². The van der Waals surface area contributed by atoms with Gasteiger partial charge < -0.3 is 10.2 Å². The molecule has 2 saturated carbocycles. The predicted octanol–water partition coefficient (Wildman–Crippen LogP) is 7.20. The molecule has 0 saturated heterocycles. The minimum Gasteiger partial charge on any atom is -0.507 e. The van der Waals surface area contributed by atoms with Crippen LogP contribution in [-0.4, -0.2) is 44.7 Å². The number of phenolic OH excluding ortho intramolecular Hbond substituents is 1. The van der Waals surface area contributed by atoms with Crippen molar-refractivity contribution in [2.45, 2.75) is 99.0 Å². The number of fused-ring (bicyclic) bond motifs is 3. The van der Waals surface area contributed by atoms with Gasteiger partial charge in [0.15, 0.2) is 28.7 Å². The fraction of sp³-hybridized carbons (Fsp3) is 0.477. The smallest absolute Gasteiger partial charge is 0.190 e. The summed E-state index contributed by atoms with van der Waals surface area (Å²) in [7, 11) is 0. The van der Waals surface area contributed by atoms with E-state index in [0.717, 1.165) is 55.7 Å². The van der Waals surface area contributed by atoms with Crippen molar-refractivity contribution in [1.29, 1.82) is 0 Å². The maximum atomic E-state index is 14.6. The quantitative estimate of drug-likeness (QED) is 0.180. The van der Waals surface area contributed by atoms with Crippen LogP contribution in [0, 0.1) is 41.4 Å². The lowest BCUT2D eigenvalue weighted by molar-refractivity contribution is -0.205. The lowest BCUT2D eigenvalue weighted by Crippen LogP contribution is -2.76. The predicted molar refractivity (Wildman–Crippen MR) is 196 cm³/mol. The third-order valence-corrected chi connectivity index (χ3v) is 12.4.